The Morgan fingerprint density at radius 3 is 2.92 bits per heavy atom. The Hall–Kier alpha value is -0.710. The summed E-state index contributed by atoms with van der Waals surface area (Å²) in [6, 6.07) is 1.63. The lowest BCUT2D eigenvalue weighted by Gasteiger charge is -2.05. The fourth-order valence-electron chi connectivity index (χ4n) is 0.622. The average Bonchev–Trinajstić information content (AvgIpc) is 2.03. The van der Waals surface area contributed by atoms with Crippen molar-refractivity contribution in [1.82, 2.24) is 4.98 Å². The van der Waals surface area contributed by atoms with E-state index in [1.165, 1.54) is 6.20 Å². The van der Waals surface area contributed by atoms with Crippen LogP contribution in [0.1, 0.15) is 0 Å². The first-order chi connectivity index (χ1) is 5.70. The Bertz CT molecular complexity index is 257. The van der Waals surface area contributed by atoms with Crippen LogP contribution >= 0.6 is 15.9 Å². The van der Waals surface area contributed by atoms with Crippen molar-refractivity contribution in [2.45, 2.75) is 6.43 Å². The molecule has 0 aliphatic carbocycles. The van der Waals surface area contributed by atoms with Crippen molar-refractivity contribution in [2.75, 3.05) is 6.61 Å². The monoisotopic (exact) mass is 237 g/mol. The topological polar surface area (TPSA) is 22.1 Å². The Labute approximate surface area is 76.7 Å². The van der Waals surface area contributed by atoms with Gasteiger partial charge in [-0.2, -0.15) is 0 Å². The number of hydrogen-bond acceptors (Lipinski definition) is 2. The lowest BCUT2D eigenvalue weighted by atomic mass is 10.5. The second-order valence-corrected chi connectivity index (χ2v) is 2.86. The molecule has 1 heterocycles. The van der Waals surface area contributed by atoms with E-state index in [9.17, 15) is 8.78 Å². The van der Waals surface area contributed by atoms with Crippen molar-refractivity contribution in [1.29, 1.82) is 0 Å². The zero-order valence-electron chi connectivity index (χ0n) is 6.01. The highest BCUT2D eigenvalue weighted by Crippen LogP contribution is 2.22. The van der Waals surface area contributed by atoms with Gasteiger partial charge in [0.2, 0.25) is 0 Å². The number of rotatable bonds is 3. The molecule has 0 aliphatic heterocycles. The van der Waals surface area contributed by atoms with Crippen LogP contribution in [0, 0.1) is 0 Å². The summed E-state index contributed by atoms with van der Waals surface area (Å²) in [5, 5.41) is 0. The number of alkyl halides is 2. The molecule has 12 heavy (non-hydrogen) atoms. The molecule has 0 aromatic carbocycles. The highest BCUT2D eigenvalue weighted by atomic mass is 79.9. The smallest absolute Gasteiger partial charge is 0.272 e. The standard InChI is InChI=1S/C7H6BrF2NO/c8-5-1-2-11-3-6(5)12-4-7(9)10/h1-3,7H,4H2. The molecule has 0 saturated heterocycles. The molecule has 1 rings (SSSR count). The summed E-state index contributed by atoms with van der Waals surface area (Å²) >= 11 is 3.14. The first-order valence-corrected chi connectivity index (χ1v) is 4.00. The summed E-state index contributed by atoms with van der Waals surface area (Å²) in [5.74, 6) is 0.331. The van der Waals surface area contributed by atoms with E-state index in [0.717, 1.165) is 0 Å². The number of pyridine rings is 1. The molecule has 0 amide bonds. The fourth-order valence-corrected chi connectivity index (χ4v) is 0.957. The Kier molecular flexibility index (Phi) is 3.40. The molecule has 0 saturated carbocycles. The van der Waals surface area contributed by atoms with E-state index in [-0.39, 0.29) is 0 Å². The van der Waals surface area contributed by atoms with E-state index < -0.39 is 13.0 Å². The van der Waals surface area contributed by atoms with Crippen LogP contribution in [-0.4, -0.2) is 18.0 Å². The van der Waals surface area contributed by atoms with Crippen LogP contribution in [0.4, 0.5) is 8.78 Å². The van der Waals surface area contributed by atoms with Gasteiger partial charge in [-0.25, -0.2) is 8.78 Å². The van der Waals surface area contributed by atoms with Crippen molar-refractivity contribution in [3.8, 4) is 5.75 Å². The number of nitrogens with zero attached hydrogens (tertiary/aromatic N) is 1. The number of ether oxygens (including phenoxy) is 1. The molecule has 0 atom stereocenters. The third-order valence-corrected chi connectivity index (χ3v) is 1.75. The Morgan fingerprint density at radius 2 is 2.33 bits per heavy atom. The predicted molar refractivity (Wildman–Crippen MR) is 43.4 cm³/mol. The summed E-state index contributed by atoms with van der Waals surface area (Å²) in [6.07, 6.45) is 0.461. The lowest BCUT2D eigenvalue weighted by molar-refractivity contribution is 0.0813. The zero-order chi connectivity index (χ0) is 8.97. The van der Waals surface area contributed by atoms with Crippen molar-refractivity contribution in [2.24, 2.45) is 0 Å². The molecule has 0 unspecified atom stereocenters. The first-order valence-electron chi connectivity index (χ1n) is 3.20. The van der Waals surface area contributed by atoms with Crippen LogP contribution in [0.15, 0.2) is 22.9 Å². The van der Waals surface area contributed by atoms with Gasteiger partial charge in [0.05, 0.1) is 10.7 Å². The molecule has 66 valence electrons. The van der Waals surface area contributed by atoms with Gasteiger partial charge in [0.15, 0.2) is 5.75 Å². The molecule has 0 N–H and O–H groups in total. The minimum Gasteiger partial charge on any atom is -0.485 e. The van der Waals surface area contributed by atoms with Gasteiger partial charge in [0, 0.05) is 6.20 Å². The largest absolute Gasteiger partial charge is 0.485 e. The van der Waals surface area contributed by atoms with Crippen LogP contribution in [0.5, 0.6) is 5.75 Å². The molecule has 0 spiro atoms. The molecular weight excluding hydrogens is 232 g/mol. The summed E-state index contributed by atoms with van der Waals surface area (Å²) < 4.78 is 28.7. The molecule has 0 bridgehead atoms. The molecule has 0 aliphatic rings. The molecule has 2 nitrogen and oxygen atoms in total. The average molecular weight is 238 g/mol. The second kappa shape index (κ2) is 4.35. The van der Waals surface area contributed by atoms with Crippen LogP contribution in [0.2, 0.25) is 0 Å². The van der Waals surface area contributed by atoms with Gasteiger partial charge in [-0.3, -0.25) is 4.98 Å². The van der Waals surface area contributed by atoms with Gasteiger partial charge in [-0.05, 0) is 22.0 Å². The van der Waals surface area contributed by atoms with Crippen molar-refractivity contribution < 1.29 is 13.5 Å². The van der Waals surface area contributed by atoms with Gasteiger partial charge in [0.1, 0.15) is 6.61 Å². The van der Waals surface area contributed by atoms with E-state index in [4.69, 9.17) is 4.74 Å². The maximum atomic E-state index is 11.7. The molecule has 0 radical (unpaired) electrons. The van der Waals surface area contributed by atoms with Crippen LogP contribution in [0.3, 0.4) is 0 Å². The van der Waals surface area contributed by atoms with E-state index in [2.05, 4.69) is 20.9 Å². The number of aromatic nitrogens is 1. The third kappa shape index (κ3) is 2.73. The van der Waals surface area contributed by atoms with Crippen molar-refractivity contribution in [3.63, 3.8) is 0 Å². The van der Waals surface area contributed by atoms with Crippen LogP contribution < -0.4 is 4.74 Å². The molecule has 0 fully saturated rings. The minimum absolute atomic E-state index is 0.331. The van der Waals surface area contributed by atoms with Gasteiger partial charge >= 0.3 is 0 Å². The highest BCUT2D eigenvalue weighted by Gasteiger charge is 2.05. The molecule has 1 aromatic heterocycles. The van der Waals surface area contributed by atoms with Gasteiger partial charge in [-0.15, -0.1) is 0 Å². The summed E-state index contributed by atoms with van der Waals surface area (Å²) in [4.78, 5) is 3.72. The van der Waals surface area contributed by atoms with E-state index in [1.807, 2.05) is 0 Å². The fraction of sp³-hybridized carbons (Fsp3) is 0.286. The Balaban J connectivity index is 2.57. The molecular formula is C7H6BrF2NO. The maximum Gasteiger partial charge on any atom is 0.272 e. The second-order valence-electron chi connectivity index (χ2n) is 2.01. The number of hydrogen-bond donors (Lipinski definition) is 0. The van der Waals surface area contributed by atoms with E-state index >= 15 is 0 Å². The number of halogens is 3. The third-order valence-electron chi connectivity index (χ3n) is 1.10. The quantitative estimate of drug-likeness (QED) is 0.806. The van der Waals surface area contributed by atoms with Crippen molar-refractivity contribution in [3.05, 3.63) is 22.9 Å². The summed E-state index contributed by atoms with van der Waals surface area (Å²) in [5.41, 5.74) is 0. The lowest BCUT2D eigenvalue weighted by Crippen LogP contribution is -2.07. The zero-order valence-corrected chi connectivity index (χ0v) is 7.59. The Morgan fingerprint density at radius 1 is 1.58 bits per heavy atom. The van der Waals surface area contributed by atoms with Gasteiger partial charge in [0.25, 0.3) is 6.43 Å². The van der Waals surface area contributed by atoms with Gasteiger partial charge < -0.3 is 4.74 Å². The maximum absolute atomic E-state index is 11.7. The van der Waals surface area contributed by atoms with Gasteiger partial charge in [-0.1, -0.05) is 0 Å². The van der Waals surface area contributed by atoms with E-state index in [0.29, 0.717) is 10.2 Å². The van der Waals surface area contributed by atoms with E-state index in [1.54, 1.807) is 12.3 Å². The SMILES string of the molecule is FC(F)COc1cnccc1Br. The molecule has 5 heteroatoms. The van der Waals surface area contributed by atoms with Crippen molar-refractivity contribution >= 4 is 15.9 Å². The predicted octanol–water partition coefficient (Wildman–Crippen LogP) is 2.49. The highest BCUT2D eigenvalue weighted by molar-refractivity contribution is 9.10. The van der Waals surface area contributed by atoms with Crippen LogP contribution in [0.25, 0.3) is 0 Å². The first kappa shape index (κ1) is 9.38. The normalized spacial score (nSPS) is 10.3. The minimum atomic E-state index is -2.46. The summed E-state index contributed by atoms with van der Waals surface area (Å²) in [7, 11) is 0. The summed E-state index contributed by atoms with van der Waals surface area (Å²) in [6.45, 7) is -0.607. The van der Waals surface area contributed by atoms with Crippen LogP contribution in [-0.2, 0) is 0 Å². The molecule has 1 aromatic rings.